The third-order valence-electron chi connectivity index (χ3n) is 1.05. The first-order chi connectivity index (χ1) is 3.91. The summed E-state index contributed by atoms with van der Waals surface area (Å²) < 4.78 is 0. The van der Waals surface area contributed by atoms with E-state index in [0.29, 0.717) is 6.61 Å². The molecule has 0 rings (SSSR count). The Labute approximate surface area is 78.1 Å². The molecule has 1 nitrogen and oxygen atoms in total. The van der Waals surface area contributed by atoms with E-state index in [-0.39, 0.29) is 22.4 Å². The molecule has 0 aliphatic carbocycles. The fraction of sp³-hybridized carbons (Fsp3) is 1.00. The van der Waals surface area contributed by atoms with Crippen molar-refractivity contribution in [3.8, 4) is 0 Å². The minimum Gasteiger partial charge on any atom is -0.793 e. The molecule has 0 aromatic carbocycles. The molecule has 0 saturated heterocycles. The molecule has 0 fully saturated rings. The average molecular weight is 330 g/mol. The molecule has 0 aliphatic heterocycles. The van der Waals surface area contributed by atoms with Crippen LogP contribution >= 0.6 is 0 Å². The molecule has 60 valence electrons. The van der Waals surface area contributed by atoms with Gasteiger partial charge in [0.1, 0.15) is 0 Å². The maximum atomic E-state index is 8.34. The first-order valence-electron chi connectivity index (χ1n) is 3.10. The standard InChI is InChI=1S/C6H14OS.Au/c7-5-3-1-2-4-6-8;/h7-8H,1-6H2;/q;+1/p-1. The van der Waals surface area contributed by atoms with Crippen LogP contribution in [0.1, 0.15) is 25.7 Å². The molecule has 0 aromatic heterocycles. The smallest absolute Gasteiger partial charge is 0.793 e. The second-order valence-electron chi connectivity index (χ2n) is 1.84. The summed E-state index contributed by atoms with van der Waals surface area (Å²) in [6.07, 6.45) is 4.39. The second kappa shape index (κ2) is 11.8. The van der Waals surface area contributed by atoms with Gasteiger partial charge in [-0.25, -0.2) is 0 Å². The Bertz CT molecular complexity index is 38.0. The Morgan fingerprint density at radius 1 is 1.00 bits per heavy atom. The maximum Gasteiger partial charge on any atom is 1.00 e. The van der Waals surface area contributed by atoms with E-state index in [2.05, 4.69) is 0 Å². The van der Waals surface area contributed by atoms with E-state index in [1.807, 2.05) is 0 Å². The molecule has 0 heterocycles. The molecule has 0 bridgehead atoms. The van der Waals surface area contributed by atoms with Crippen LogP contribution < -0.4 is 0 Å². The van der Waals surface area contributed by atoms with E-state index in [1.54, 1.807) is 0 Å². The van der Waals surface area contributed by atoms with Gasteiger partial charge in [-0.05, 0) is 6.42 Å². The van der Waals surface area contributed by atoms with Gasteiger partial charge < -0.3 is 17.7 Å². The Balaban J connectivity index is 0. The molecule has 0 unspecified atom stereocenters. The van der Waals surface area contributed by atoms with Crippen LogP contribution in [0.3, 0.4) is 0 Å². The molecule has 1 N–H and O–H groups in total. The predicted octanol–water partition coefficient (Wildman–Crippen LogP) is 1.08. The number of hydrogen-bond acceptors (Lipinski definition) is 2. The van der Waals surface area contributed by atoms with Crippen molar-refractivity contribution in [2.75, 3.05) is 12.4 Å². The molecule has 0 saturated carbocycles. The Morgan fingerprint density at radius 3 is 2.00 bits per heavy atom. The van der Waals surface area contributed by atoms with Crippen molar-refractivity contribution >= 4 is 12.6 Å². The molecule has 3 heteroatoms. The molecule has 0 spiro atoms. The summed E-state index contributed by atoms with van der Waals surface area (Å²) in [5.41, 5.74) is 0. The SMILES string of the molecule is OCCCCCC[S-].[Au+]. The Hall–Kier alpha value is 1.05. The van der Waals surface area contributed by atoms with Crippen molar-refractivity contribution in [1.82, 2.24) is 0 Å². The number of rotatable bonds is 5. The average Bonchev–Trinajstić information content (AvgIpc) is 1.81. The zero-order valence-corrected chi connectivity index (χ0v) is 8.38. The normalized spacial score (nSPS) is 8.67. The maximum absolute atomic E-state index is 8.34. The second-order valence-corrected chi connectivity index (χ2v) is 2.25. The van der Waals surface area contributed by atoms with E-state index in [1.165, 1.54) is 6.42 Å². The zero-order valence-electron chi connectivity index (χ0n) is 5.40. The van der Waals surface area contributed by atoms with Crippen LogP contribution in [0.25, 0.3) is 0 Å². The Kier molecular flexibility index (Phi) is 16.7. The molecule has 0 aromatic rings. The van der Waals surface area contributed by atoms with Gasteiger partial charge >= 0.3 is 22.4 Å². The first kappa shape index (κ1) is 12.7. The van der Waals surface area contributed by atoms with E-state index >= 15 is 0 Å². The molecule has 0 aliphatic rings. The minimum absolute atomic E-state index is 0. The van der Waals surface area contributed by atoms with Crippen molar-refractivity contribution < 1.29 is 27.5 Å². The molecule has 9 heavy (non-hydrogen) atoms. The van der Waals surface area contributed by atoms with Crippen molar-refractivity contribution in [2.45, 2.75) is 25.7 Å². The van der Waals surface area contributed by atoms with Crippen LogP contribution in [0.2, 0.25) is 0 Å². The van der Waals surface area contributed by atoms with Gasteiger partial charge in [0.15, 0.2) is 0 Å². The topological polar surface area (TPSA) is 20.2 Å². The molecular weight excluding hydrogens is 317 g/mol. The largest absolute Gasteiger partial charge is 1.00 e. The van der Waals surface area contributed by atoms with Gasteiger partial charge in [0.05, 0.1) is 0 Å². The third-order valence-corrected chi connectivity index (χ3v) is 1.34. The summed E-state index contributed by atoms with van der Waals surface area (Å²) in [5, 5.41) is 8.34. The van der Waals surface area contributed by atoms with Gasteiger partial charge in [-0.15, -0.1) is 0 Å². The predicted molar refractivity (Wildman–Crippen MR) is 37.8 cm³/mol. The summed E-state index contributed by atoms with van der Waals surface area (Å²) in [7, 11) is 0. The number of aliphatic hydroxyl groups excluding tert-OH is 1. The third kappa shape index (κ3) is 12.3. The van der Waals surface area contributed by atoms with Crippen LogP contribution in [0.15, 0.2) is 0 Å². The van der Waals surface area contributed by atoms with Crippen molar-refractivity contribution in [2.24, 2.45) is 0 Å². The van der Waals surface area contributed by atoms with E-state index in [9.17, 15) is 0 Å². The summed E-state index contributed by atoms with van der Waals surface area (Å²) >= 11 is 4.74. The summed E-state index contributed by atoms with van der Waals surface area (Å²) in [6, 6.07) is 0. The van der Waals surface area contributed by atoms with Gasteiger partial charge in [0.25, 0.3) is 0 Å². The fourth-order valence-electron chi connectivity index (χ4n) is 0.567. The van der Waals surface area contributed by atoms with Gasteiger partial charge in [-0.2, -0.15) is 5.75 Å². The minimum atomic E-state index is 0. The number of unbranched alkanes of at least 4 members (excludes halogenated alkanes) is 3. The molecule has 0 atom stereocenters. The van der Waals surface area contributed by atoms with Crippen molar-refractivity contribution in [3.63, 3.8) is 0 Å². The summed E-state index contributed by atoms with van der Waals surface area (Å²) in [6.45, 7) is 0.331. The summed E-state index contributed by atoms with van der Waals surface area (Å²) in [4.78, 5) is 0. The fourth-order valence-corrected chi connectivity index (χ4v) is 0.772. The Morgan fingerprint density at radius 2 is 1.56 bits per heavy atom. The van der Waals surface area contributed by atoms with E-state index in [4.69, 9.17) is 17.7 Å². The zero-order chi connectivity index (χ0) is 6.24. The first-order valence-corrected chi connectivity index (χ1v) is 3.68. The summed E-state index contributed by atoms with van der Waals surface area (Å²) in [5.74, 6) is 0.866. The van der Waals surface area contributed by atoms with E-state index in [0.717, 1.165) is 25.0 Å². The van der Waals surface area contributed by atoms with Gasteiger partial charge in [-0.3, -0.25) is 0 Å². The molecule has 0 amide bonds. The molecular formula is C6H13AuOS. The quantitative estimate of drug-likeness (QED) is 0.463. The molecule has 0 radical (unpaired) electrons. The van der Waals surface area contributed by atoms with Crippen molar-refractivity contribution in [3.05, 3.63) is 0 Å². The van der Waals surface area contributed by atoms with Crippen molar-refractivity contribution in [1.29, 1.82) is 0 Å². The van der Waals surface area contributed by atoms with Crippen LogP contribution in [-0.4, -0.2) is 17.5 Å². The van der Waals surface area contributed by atoms with Gasteiger partial charge in [0, 0.05) is 6.61 Å². The number of aliphatic hydroxyl groups is 1. The van der Waals surface area contributed by atoms with E-state index < -0.39 is 0 Å². The van der Waals surface area contributed by atoms with Crippen LogP contribution in [0.5, 0.6) is 0 Å². The van der Waals surface area contributed by atoms with Gasteiger partial charge in [0.2, 0.25) is 0 Å². The number of hydrogen-bond donors (Lipinski definition) is 1. The van der Waals surface area contributed by atoms with Crippen LogP contribution in [-0.2, 0) is 35.0 Å². The van der Waals surface area contributed by atoms with Gasteiger partial charge in [-0.1, -0.05) is 19.3 Å². The van der Waals surface area contributed by atoms with Crippen LogP contribution in [0, 0.1) is 0 Å². The monoisotopic (exact) mass is 330 g/mol. The van der Waals surface area contributed by atoms with Crippen LogP contribution in [0.4, 0.5) is 0 Å².